The Balaban J connectivity index is 3.64. The van der Waals surface area contributed by atoms with Crippen molar-refractivity contribution in [3.63, 3.8) is 0 Å². The molecule has 3 nitrogen and oxygen atoms in total. The average Bonchev–Trinajstić information content (AvgIpc) is 1.99. The zero-order chi connectivity index (χ0) is 8.53. The highest BCUT2D eigenvalue weighted by atomic mass is 16.5. The van der Waals surface area contributed by atoms with Crippen molar-refractivity contribution in [1.82, 2.24) is 5.48 Å². The highest BCUT2D eigenvalue weighted by Crippen LogP contribution is 1.85. The van der Waals surface area contributed by atoms with Crippen LogP contribution in [0.1, 0.15) is 6.42 Å². The van der Waals surface area contributed by atoms with Crippen molar-refractivity contribution in [3.8, 4) is 12.3 Å². The third-order valence-electron chi connectivity index (χ3n) is 0.965. The number of nitrogens with two attached hydrogens (primary N) is 1. The van der Waals surface area contributed by atoms with Crippen LogP contribution in [0.25, 0.3) is 0 Å². The summed E-state index contributed by atoms with van der Waals surface area (Å²) in [5, 5.41) is 8.21. The molecule has 0 heterocycles. The van der Waals surface area contributed by atoms with Gasteiger partial charge in [0.15, 0.2) is 0 Å². The van der Waals surface area contributed by atoms with E-state index in [-0.39, 0.29) is 6.54 Å². The van der Waals surface area contributed by atoms with E-state index < -0.39 is 0 Å². The SMILES string of the molecule is C#CC/C=C\C=C(\N)CNO. The summed E-state index contributed by atoms with van der Waals surface area (Å²) in [4.78, 5) is 0. The second kappa shape index (κ2) is 6.87. The van der Waals surface area contributed by atoms with E-state index in [4.69, 9.17) is 17.4 Å². The average molecular weight is 152 g/mol. The van der Waals surface area contributed by atoms with Crippen LogP contribution in [0, 0.1) is 12.3 Å². The molecule has 0 rings (SSSR count). The number of nitrogens with one attached hydrogen (secondary N) is 1. The third-order valence-corrected chi connectivity index (χ3v) is 0.965. The Labute approximate surface area is 66.6 Å². The van der Waals surface area contributed by atoms with E-state index in [2.05, 4.69) is 5.92 Å². The molecule has 0 aliphatic heterocycles. The molecule has 11 heavy (non-hydrogen) atoms. The van der Waals surface area contributed by atoms with Crippen molar-refractivity contribution in [1.29, 1.82) is 0 Å². The van der Waals surface area contributed by atoms with Crippen molar-refractivity contribution >= 4 is 0 Å². The summed E-state index contributed by atoms with van der Waals surface area (Å²) in [5.74, 6) is 2.45. The second-order valence-corrected chi connectivity index (χ2v) is 1.91. The van der Waals surface area contributed by atoms with Gasteiger partial charge < -0.3 is 10.9 Å². The molecule has 0 unspecified atom stereocenters. The van der Waals surface area contributed by atoms with Crippen LogP contribution in [0.15, 0.2) is 23.9 Å². The van der Waals surface area contributed by atoms with E-state index in [9.17, 15) is 0 Å². The molecule has 0 aliphatic rings. The van der Waals surface area contributed by atoms with Crippen LogP contribution in [0.4, 0.5) is 0 Å². The second-order valence-electron chi connectivity index (χ2n) is 1.91. The first kappa shape index (κ1) is 9.76. The maximum Gasteiger partial charge on any atom is 0.0603 e. The van der Waals surface area contributed by atoms with Gasteiger partial charge in [-0.25, -0.2) is 0 Å². The van der Waals surface area contributed by atoms with Gasteiger partial charge in [0.25, 0.3) is 0 Å². The summed E-state index contributed by atoms with van der Waals surface area (Å²) in [6, 6.07) is 0. The maximum absolute atomic E-state index is 8.21. The molecule has 0 fully saturated rings. The van der Waals surface area contributed by atoms with Gasteiger partial charge in [-0.15, -0.1) is 12.3 Å². The van der Waals surface area contributed by atoms with Gasteiger partial charge in [-0.1, -0.05) is 12.2 Å². The Kier molecular flexibility index (Phi) is 6.10. The molecule has 0 bridgehead atoms. The minimum Gasteiger partial charge on any atom is -0.401 e. The summed E-state index contributed by atoms with van der Waals surface area (Å²) in [5.41, 5.74) is 7.90. The van der Waals surface area contributed by atoms with Crippen molar-refractivity contribution in [2.75, 3.05) is 6.54 Å². The quantitative estimate of drug-likeness (QED) is 0.310. The first-order chi connectivity index (χ1) is 5.31. The highest BCUT2D eigenvalue weighted by molar-refractivity contribution is 5.12. The first-order valence-electron chi connectivity index (χ1n) is 3.23. The smallest absolute Gasteiger partial charge is 0.0603 e. The van der Waals surface area contributed by atoms with Crippen molar-refractivity contribution in [2.24, 2.45) is 5.73 Å². The molecule has 0 atom stereocenters. The van der Waals surface area contributed by atoms with E-state index in [1.807, 2.05) is 11.6 Å². The van der Waals surface area contributed by atoms with E-state index in [0.29, 0.717) is 12.1 Å². The molecular weight excluding hydrogens is 140 g/mol. The van der Waals surface area contributed by atoms with Crippen LogP contribution < -0.4 is 11.2 Å². The molecule has 0 amide bonds. The fourth-order valence-corrected chi connectivity index (χ4v) is 0.478. The lowest BCUT2D eigenvalue weighted by Gasteiger charge is -1.94. The van der Waals surface area contributed by atoms with Gasteiger partial charge in [0.05, 0.1) is 6.54 Å². The fourth-order valence-electron chi connectivity index (χ4n) is 0.478. The molecule has 0 aromatic heterocycles. The number of terminal acetylenes is 1. The molecule has 0 saturated heterocycles. The molecule has 3 heteroatoms. The normalized spacial score (nSPS) is 11.8. The van der Waals surface area contributed by atoms with Crippen LogP contribution in [-0.2, 0) is 0 Å². The van der Waals surface area contributed by atoms with E-state index in [1.54, 1.807) is 12.2 Å². The summed E-state index contributed by atoms with van der Waals surface area (Å²) in [6.07, 6.45) is 10.8. The predicted molar refractivity (Wildman–Crippen MR) is 44.6 cm³/mol. The standard InChI is InChI=1S/C8H12N2O/c1-2-3-4-5-6-8(9)7-10-11/h1,4-6,10-11H,3,7,9H2/b5-4-,8-6+. The van der Waals surface area contributed by atoms with Gasteiger partial charge in [0.1, 0.15) is 0 Å². The number of allylic oxidation sites excluding steroid dienone is 3. The highest BCUT2D eigenvalue weighted by Gasteiger charge is 1.82. The molecule has 0 aliphatic carbocycles. The summed E-state index contributed by atoms with van der Waals surface area (Å²) >= 11 is 0. The summed E-state index contributed by atoms with van der Waals surface area (Å²) < 4.78 is 0. The van der Waals surface area contributed by atoms with Gasteiger partial charge in [-0.05, 0) is 6.08 Å². The van der Waals surface area contributed by atoms with E-state index >= 15 is 0 Å². The molecule has 0 aromatic rings. The van der Waals surface area contributed by atoms with Crippen molar-refractivity contribution < 1.29 is 5.21 Å². The number of rotatable bonds is 4. The molecule has 0 saturated carbocycles. The predicted octanol–water partition coefficient (Wildman–Crippen LogP) is 0.387. The van der Waals surface area contributed by atoms with Gasteiger partial charge >= 0.3 is 0 Å². The van der Waals surface area contributed by atoms with Crippen LogP contribution in [-0.4, -0.2) is 11.8 Å². The zero-order valence-corrected chi connectivity index (χ0v) is 6.25. The lowest BCUT2D eigenvalue weighted by atomic mass is 10.3. The Morgan fingerprint density at radius 3 is 3.00 bits per heavy atom. The molecule has 0 spiro atoms. The fraction of sp³-hybridized carbons (Fsp3) is 0.250. The Hall–Kier alpha value is -1.24. The molecule has 60 valence electrons. The topological polar surface area (TPSA) is 58.3 Å². The van der Waals surface area contributed by atoms with Crippen molar-refractivity contribution in [2.45, 2.75) is 6.42 Å². The van der Waals surface area contributed by atoms with Gasteiger partial charge in [0.2, 0.25) is 0 Å². The number of hydrogen-bond acceptors (Lipinski definition) is 3. The largest absolute Gasteiger partial charge is 0.401 e. The zero-order valence-electron chi connectivity index (χ0n) is 6.25. The monoisotopic (exact) mass is 152 g/mol. The van der Waals surface area contributed by atoms with E-state index in [1.165, 1.54) is 0 Å². The maximum atomic E-state index is 8.21. The summed E-state index contributed by atoms with van der Waals surface area (Å²) in [7, 11) is 0. The third kappa shape index (κ3) is 6.65. The van der Waals surface area contributed by atoms with Gasteiger partial charge in [0, 0.05) is 12.1 Å². The van der Waals surface area contributed by atoms with Crippen LogP contribution >= 0.6 is 0 Å². The van der Waals surface area contributed by atoms with Crippen LogP contribution in [0.5, 0.6) is 0 Å². The lowest BCUT2D eigenvalue weighted by molar-refractivity contribution is 0.176. The lowest BCUT2D eigenvalue weighted by Crippen LogP contribution is -2.16. The molecule has 4 N–H and O–H groups in total. The number of hydrogen-bond donors (Lipinski definition) is 3. The minimum absolute atomic E-state index is 0.264. The Bertz CT molecular complexity index is 189. The van der Waals surface area contributed by atoms with Gasteiger partial charge in [-0.2, -0.15) is 5.48 Å². The van der Waals surface area contributed by atoms with Crippen molar-refractivity contribution in [3.05, 3.63) is 23.9 Å². The first-order valence-corrected chi connectivity index (χ1v) is 3.23. The Morgan fingerprint density at radius 1 is 1.73 bits per heavy atom. The van der Waals surface area contributed by atoms with Gasteiger partial charge in [-0.3, -0.25) is 0 Å². The number of hydroxylamine groups is 1. The van der Waals surface area contributed by atoms with Crippen LogP contribution in [0.2, 0.25) is 0 Å². The minimum atomic E-state index is 0.264. The Morgan fingerprint density at radius 2 is 2.45 bits per heavy atom. The molecular formula is C8H12N2O. The summed E-state index contributed by atoms with van der Waals surface area (Å²) in [6.45, 7) is 0.264. The molecule has 0 aromatic carbocycles. The molecule has 0 radical (unpaired) electrons. The van der Waals surface area contributed by atoms with Crippen LogP contribution in [0.3, 0.4) is 0 Å². The van der Waals surface area contributed by atoms with E-state index in [0.717, 1.165) is 0 Å².